The Kier molecular flexibility index (Phi) is 12.1. The summed E-state index contributed by atoms with van der Waals surface area (Å²) in [6.45, 7) is 2.94. The maximum absolute atomic E-state index is 14.1. The van der Waals surface area contributed by atoms with Gasteiger partial charge in [-0.2, -0.15) is 4.72 Å². The maximum atomic E-state index is 14.1. The molecule has 3 aromatic rings. The number of sulfonamides is 1. The van der Waals surface area contributed by atoms with E-state index >= 15 is 0 Å². The molecule has 13 nitrogen and oxygen atoms in total. The lowest BCUT2D eigenvalue weighted by atomic mass is 9.99. The lowest BCUT2D eigenvalue weighted by Crippen LogP contribution is -2.63. The number of benzene rings is 3. The Morgan fingerprint density at radius 2 is 1.59 bits per heavy atom. The van der Waals surface area contributed by atoms with Crippen LogP contribution in [0.15, 0.2) is 77.7 Å². The Balaban J connectivity index is 1.74. The van der Waals surface area contributed by atoms with Gasteiger partial charge < -0.3 is 39.6 Å². The summed E-state index contributed by atoms with van der Waals surface area (Å²) < 4.78 is 52.3. The molecule has 5 N–H and O–H groups in total. The summed E-state index contributed by atoms with van der Waals surface area (Å²) in [5, 5.41) is 34.6. The predicted octanol–water partition coefficient (Wildman–Crippen LogP) is 2.70. The summed E-state index contributed by atoms with van der Waals surface area (Å²) in [7, 11) is -4.72. The van der Waals surface area contributed by atoms with E-state index in [0.29, 0.717) is 12.3 Å². The van der Waals surface area contributed by atoms with Crippen molar-refractivity contribution in [2.24, 2.45) is 0 Å². The third-order valence-electron chi connectivity index (χ3n) is 7.04. The van der Waals surface area contributed by atoms with E-state index < -0.39 is 64.1 Å². The van der Waals surface area contributed by atoms with Gasteiger partial charge in [0.25, 0.3) is 0 Å². The molecule has 1 heterocycles. The number of nitrogens with one attached hydrogen (secondary N) is 2. The van der Waals surface area contributed by atoms with Crippen molar-refractivity contribution >= 4 is 27.6 Å². The molecule has 1 unspecified atom stereocenters. The average molecular weight is 659 g/mol. The summed E-state index contributed by atoms with van der Waals surface area (Å²) in [6.07, 6.45) is -7.08. The number of hydrogen-bond donors (Lipinski definition) is 5. The van der Waals surface area contributed by atoms with E-state index in [9.17, 15) is 33.3 Å². The number of aliphatic hydroxyl groups excluding tert-OH is 3. The predicted molar refractivity (Wildman–Crippen MR) is 166 cm³/mol. The number of rotatable bonds is 14. The number of carbonyl (C=O) groups excluding carboxylic acids is 2. The molecule has 0 spiro atoms. The minimum Gasteiger partial charge on any atom is -0.463 e. The van der Waals surface area contributed by atoms with Crippen molar-refractivity contribution in [3.05, 3.63) is 83.9 Å². The van der Waals surface area contributed by atoms with Gasteiger partial charge in [0.2, 0.25) is 10.0 Å². The highest BCUT2D eigenvalue weighted by atomic mass is 32.2. The third-order valence-corrected chi connectivity index (χ3v) is 8.46. The SMILES string of the molecule is CCCCNc1cc(C(=O)OCc2ccccc2)cc(S(=O)(=O)NC2O[C@H](COC(C)=O)[C@@H](O)[C@H](O)[C@H]2O)c1Oc1ccccc1. The molecule has 0 bridgehead atoms. The third kappa shape index (κ3) is 9.02. The number of ether oxygens (including phenoxy) is 4. The van der Waals surface area contributed by atoms with Crippen LogP contribution in [-0.4, -0.2) is 79.5 Å². The number of carbonyl (C=O) groups is 2. The molecule has 3 aromatic carbocycles. The fraction of sp³-hybridized carbons (Fsp3) is 0.375. The van der Waals surface area contributed by atoms with E-state index in [1.807, 2.05) is 13.0 Å². The Morgan fingerprint density at radius 3 is 2.24 bits per heavy atom. The average Bonchev–Trinajstić information content (AvgIpc) is 3.04. The van der Waals surface area contributed by atoms with Gasteiger partial charge >= 0.3 is 11.9 Å². The van der Waals surface area contributed by atoms with Crippen molar-refractivity contribution < 1.29 is 52.3 Å². The molecule has 14 heteroatoms. The first-order chi connectivity index (χ1) is 22.0. The largest absolute Gasteiger partial charge is 0.463 e. The first-order valence-electron chi connectivity index (χ1n) is 14.7. The topological polar surface area (TPSA) is 190 Å². The zero-order chi connectivity index (χ0) is 33.3. The van der Waals surface area contributed by atoms with E-state index in [1.165, 1.54) is 6.07 Å². The molecule has 0 saturated carbocycles. The maximum Gasteiger partial charge on any atom is 0.338 e. The van der Waals surface area contributed by atoms with Crippen molar-refractivity contribution in [1.29, 1.82) is 0 Å². The molecule has 0 aliphatic carbocycles. The molecule has 1 aliphatic rings. The second kappa shape index (κ2) is 16.0. The molecule has 1 fully saturated rings. The zero-order valence-electron chi connectivity index (χ0n) is 25.4. The first-order valence-corrected chi connectivity index (χ1v) is 16.2. The van der Waals surface area contributed by atoms with Gasteiger partial charge in [0.15, 0.2) is 12.0 Å². The minimum atomic E-state index is -4.72. The van der Waals surface area contributed by atoms with Gasteiger partial charge in [-0.1, -0.05) is 61.9 Å². The van der Waals surface area contributed by atoms with Gasteiger partial charge in [0.05, 0.1) is 11.3 Å². The van der Waals surface area contributed by atoms with Crippen LogP contribution in [0.2, 0.25) is 0 Å². The monoisotopic (exact) mass is 658 g/mol. The molecule has 5 atom stereocenters. The van der Waals surface area contributed by atoms with Crippen LogP contribution in [0.4, 0.5) is 5.69 Å². The smallest absolute Gasteiger partial charge is 0.338 e. The van der Waals surface area contributed by atoms with Crippen LogP contribution >= 0.6 is 0 Å². The standard InChI is InChI=1S/C32H38N2O11S/c1-3-4-15-33-24-16-22(32(39)43-18-21-11-7-5-8-12-21)17-26(30(24)44-23-13-9-6-10-14-23)46(40,41)34-31-29(38)28(37)27(36)25(45-31)19-42-20(2)35/h5-14,16-17,25,27-29,31,33-34,36-38H,3-4,15,18-19H2,1-2H3/t25-,27-,28+,29-,31?/m1/s1. The van der Waals surface area contributed by atoms with Gasteiger partial charge in [-0.05, 0) is 36.2 Å². The fourth-order valence-electron chi connectivity index (χ4n) is 4.57. The molecule has 248 valence electrons. The van der Waals surface area contributed by atoms with Crippen LogP contribution in [0.3, 0.4) is 0 Å². The van der Waals surface area contributed by atoms with Crippen molar-refractivity contribution in [3.8, 4) is 11.5 Å². The number of hydrogen-bond acceptors (Lipinski definition) is 12. The van der Waals surface area contributed by atoms with Gasteiger partial charge in [0, 0.05) is 13.5 Å². The van der Waals surface area contributed by atoms with Crippen LogP contribution in [0.5, 0.6) is 11.5 Å². The molecule has 46 heavy (non-hydrogen) atoms. The van der Waals surface area contributed by atoms with Crippen molar-refractivity contribution in [1.82, 2.24) is 4.72 Å². The van der Waals surface area contributed by atoms with Crippen molar-refractivity contribution in [2.75, 3.05) is 18.5 Å². The fourth-order valence-corrected chi connectivity index (χ4v) is 5.88. The Bertz CT molecular complexity index is 1570. The van der Waals surface area contributed by atoms with Crippen LogP contribution in [0, 0.1) is 0 Å². The normalized spacial score (nSPS) is 21.3. The van der Waals surface area contributed by atoms with E-state index in [1.54, 1.807) is 54.6 Å². The molecule has 0 radical (unpaired) electrons. The Morgan fingerprint density at radius 1 is 0.913 bits per heavy atom. The molecule has 0 aromatic heterocycles. The second-order valence-corrected chi connectivity index (χ2v) is 12.3. The zero-order valence-corrected chi connectivity index (χ0v) is 26.2. The van der Waals surface area contributed by atoms with E-state index in [2.05, 4.69) is 10.0 Å². The van der Waals surface area contributed by atoms with E-state index in [4.69, 9.17) is 18.9 Å². The van der Waals surface area contributed by atoms with Crippen LogP contribution < -0.4 is 14.8 Å². The number of para-hydroxylation sites is 1. The van der Waals surface area contributed by atoms with E-state index in [-0.39, 0.29) is 23.6 Å². The van der Waals surface area contributed by atoms with Crippen LogP contribution in [0.1, 0.15) is 42.6 Å². The highest BCUT2D eigenvalue weighted by Crippen LogP contribution is 2.38. The highest BCUT2D eigenvalue weighted by molar-refractivity contribution is 7.89. The Hall–Kier alpha value is -4.05. The van der Waals surface area contributed by atoms with Gasteiger partial charge in [-0.15, -0.1) is 0 Å². The number of aliphatic hydroxyl groups is 3. The second-order valence-electron chi connectivity index (χ2n) is 10.6. The summed E-state index contributed by atoms with van der Waals surface area (Å²) in [6, 6.07) is 19.9. The van der Waals surface area contributed by atoms with Crippen LogP contribution in [0.25, 0.3) is 0 Å². The van der Waals surface area contributed by atoms with Crippen LogP contribution in [-0.2, 0) is 35.6 Å². The number of unbranched alkanes of at least 4 members (excludes halogenated alkanes) is 1. The summed E-state index contributed by atoms with van der Waals surface area (Å²) >= 11 is 0. The van der Waals surface area contributed by atoms with Gasteiger partial charge in [-0.25, -0.2) is 13.2 Å². The lowest BCUT2D eigenvalue weighted by molar-refractivity contribution is -0.234. The number of anilines is 1. The van der Waals surface area contributed by atoms with E-state index in [0.717, 1.165) is 31.4 Å². The summed E-state index contributed by atoms with van der Waals surface area (Å²) in [5.74, 6) is -1.36. The molecule has 1 saturated heterocycles. The first kappa shape index (κ1) is 34.8. The Labute approximate surface area is 267 Å². The summed E-state index contributed by atoms with van der Waals surface area (Å²) in [5.41, 5.74) is 0.798. The van der Waals surface area contributed by atoms with Crippen molar-refractivity contribution in [2.45, 2.75) is 68.8 Å². The quantitative estimate of drug-likeness (QED) is 0.126. The molecule has 4 rings (SSSR count). The molecule has 0 amide bonds. The van der Waals surface area contributed by atoms with Gasteiger partial charge in [-0.3, -0.25) is 4.79 Å². The molecular formula is C32H38N2O11S. The molecule has 1 aliphatic heterocycles. The highest BCUT2D eigenvalue weighted by Gasteiger charge is 2.46. The number of esters is 2. The summed E-state index contributed by atoms with van der Waals surface area (Å²) in [4.78, 5) is 24.1. The van der Waals surface area contributed by atoms with Gasteiger partial charge in [0.1, 0.15) is 48.3 Å². The molecular weight excluding hydrogens is 620 g/mol. The minimum absolute atomic E-state index is 0.0626. The van der Waals surface area contributed by atoms with Crippen molar-refractivity contribution in [3.63, 3.8) is 0 Å². The lowest BCUT2D eigenvalue weighted by Gasteiger charge is -2.40.